The third-order valence-electron chi connectivity index (χ3n) is 3.78. The van der Waals surface area contributed by atoms with Crippen molar-refractivity contribution in [2.24, 2.45) is 0 Å². The lowest BCUT2D eigenvalue weighted by Crippen LogP contribution is -2.14. The molecule has 9 heteroatoms. The van der Waals surface area contributed by atoms with Gasteiger partial charge < -0.3 is 9.47 Å². The Hall–Kier alpha value is -3.07. The Morgan fingerprint density at radius 2 is 1.96 bits per heavy atom. The SMILES string of the molecule is COc1ccc(OC)c(S(=O)(=O)Nc2cnn(Cc3cccc(F)c3)c2)c1. The van der Waals surface area contributed by atoms with Crippen LogP contribution in [0.1, 0.15) is 5.56 Å². The first-order valence-electron chi connectivity index (χ1n) is 7.93. The van der Waals surface area contributed by atoms with Gasteiger partial charge in [0.05, 0.1) is 32.6 Å². The van der Waals surface area contributed by atoms with Crippen LogP contribution in [0.2, 0.25) is 0 Å². The lowest BCUT2D eigenvalue weighted by atomic mass is 10.2. The van der Waals surface area contributed by atoms with Crippen LogP contribution >= 0.6 is 0 Å². The van der Waals surface area contributed by atoms with E-state index in [9.17, 15) is 12.8 Å². The van der Waals surface area contributed by atoms with Gasteiger partial charge in [0, 0.05) is 12.3 Å². The molecule has 0 radical (unpaired) electrons. The molecule has 0 atom stereocenters. The van der Waals surface area contributed by atoms with Crippen LogP contribution in [0.3, 0.4) is 0 Å². The van der Waals surface area contributed by atoms with E-state index in [2.05, 4.69) is 9.82 Å². The highest BCUT2D eigenvalue weighted by Gasteiger charge is 2.21. The largest absolute Gasteiger partial charge is 0.497 e. The van der Waals surface area contributed by atoms with E-state index in [1.165, 1.54) is 55.6 Å². The van der Waals surface area contributed by atoms with Crippen molar-refractivity contribution in [3.63, 3.8) is 0 Å². The number of hydrogen-bond acceptors (Lipinski definition) is 5. The van der Waals surface area contributed by atoms with E-state index < -0.39 is 10.0 Å². The standard InChI is InChI=1S/C18H18FN3O4S/c1-25-16-6-7-17(26-2)18(9-16)27(23,24)21-15-10-20-22(12-15)11-13-4-3-5-14(19)8-13/h3-10,12,21H,11H2,1-2H3. The predicted octanol–water partition coefficient (Wildman–Crippen LogP) is 2.89. The van der Waals surface area contributed by atoms with Crippen LogP contribution in [0.25, 0.3) is 0 Å². The molecule has 2 aromatic carbocycles. The number of benzene rings is 2. The first-order valence-corrected chi connectivity index (χ1v) is 9.41. The highest BCUT2D eigenvalue weighted by molar-refractivity contribution is 7.92. The van der Waals surface area contributed by atoms with E-state index in [4.69, 9.17) is 9.47 Å². The molecule has 27 heavy (non-hydrogen) atoms. The molecule has 7 nitrogen and oxygen atoms in total. The molecule has 0 aliphatic heterocycles. The summed E-state index contributed by atoms with van der Waals surface area (Å²) >= 11 is 0. The number of halogens is 1. The van der Waals surface area contributed by atoms with Crippen LogP contribution in [0.4, 0.5) is 10.1 Å². The molecule has 142 valence electrons. The van der Waals surface area contributed by atoms with E-state index in [1.807, 2.05) is 0 Å². The number of anilines is 1. The molecule has 0 saturated heterocycles. The quantitative estimate of drug-likeness (QED) is 0.670. The zero-order valence-corrected chi connectivity index (χ0v) is 15.5. The average Bonchev–Trinajstić information content (AvgIpc) is 3.07. The molecule has 0 aliphatic carbocycles. The third-order valence-corrected chi connectivity index (χ3v) is 5.18. The summed E-state index contributed by atoms with van der Waals surface area (Å²) in [5, 5.41) is 4.11. The zero-order valence-electron chi connectivity index (χ0n) is 14.7. The number of nitrogens with zero attached hydrogens (tertiary/aromatic N) is 2. The van der Waals surface area contributed by atoms with Crippen molar-refractivity contribution in [3.05, 3.63) is 66.2 Å². The second-order valence-corrected chi connectivity index (χ2v) is 7.33. The topological polar surface area (TPSA) is 82.4 Å². The van der Waals surface area contributed by atoms with Gasteiger partial charge in [-0.15, -0.1) is 0 Å². The number of ether oxygens (including phenoxy) is 2. The fourth-order valence-corrected chi connectivity index (χ4v) is 3.74. The van der Waals surface area contributed by atoms with E-state index in [0.29, 0.717) is 17.9 Å². The molecule has 0 aliphatic rings. The summed E-state index contributed by atoms with van der Waals surface area (Å²) < 4.78 is 52.9. The number of rotatable bonds is 7. The first-order chi connectivity index (χ1) is 12.9. The monoisotopic (exact) mass is 391 g/mol. The predicted molar refractivity (Wildman–Crippen MR) is 98.1 cm³/mol. The molecule has 0 saturated carbocycles. The summed E-state index contributed by atoms with van der Waals surface area (Å²) in [6.45, 7) is 0.308. The second kappa shape index (κ2) is 7.67. The van der Waals surface area contributed by atoms with Crippen molar-refractivity contribution in [1.82, 2.24) is 9.78 Å². The van der Waals surface area contributed by atoms with Crippen LogP contribution in [0.15, 0.2) is 59.8 Å². The van der Waals surface area contributed by atoms with E-state index in [0.717, 1.165) is 0 Å². The Labute approximate surface area is 156 Å². The molecule has 3 rings (SSSR count). The van der Waals surface area contributed by atoms with Crippen molar-refractivity contribution >= 4 is 15.7 Å². The lowest BCUT2D eigenvalue weighted by Gasteiger charge is -2.11. The fraction of sp³-hybridized carbons (Fsp3) is 0.167. The van der Waals surface area contributed by atoms with Gasteiger partial charge in [0.2, 0.25) is 0 Å². The zero-order chi connectivity index (χ0) is 19.4. The summed E-state index contributed by atoms with van der Waals surface area (Å²) in [4.78, 5) is -0.0535. The molecule has 3 aromatic rings. The van der Waals surface area contributed by atoms with Gasteiger partial charge in [-0.2, -0.15) is 5.10 Å². The van der Waals surface area contributed by atoms with Gasteiger partial charge in [0.25, 0.3) is 10.0 Å². The minimum absolute atomic E-state index is 0.0535. The van der Waals surface area contributed by atoms with Crippen LogP contribution in [-0.4, -0.2) is 32.4 Å². The fourth-order valence-electron chi connectivity index (χ4n) is 2.53. The summed E-state index contributed by atoms with van der Waals surface area (Å²) in [5.74, 6) is 0.235. The van der Waals surface area contributed by atoms with E-state index >= 15 is 0 Å². The van der Waals surface area contributed by atoms with Crippen LogP contribution < -0.4 is 14.2 Å². The molecule has 0 amide bonds. The molecular weight excluding hydrogens is 373 g/mol. The van der Waals surface area contributed by atoms with Gasteiger partial charge in [-0.3, -0.25) is 9.40 Å². The molecular formula is C18H18FN3O4S. The van der Waals surface area contributed by atoms with Crippen molar-refractivity contribution in [1.29, 1.82) is 0 Å². The van der Waals surface area contributed by atoms with Crippen LogP contribution in [0, 0.1) is 5.82 Å². The smallest absolute Gasteiger partial charge is 0.265 e. The Bertz CT molecular complexity index is 1050. The lowest BCUT2D eigenvalue weighted by molar-refractivity contribution is 0.392. The molecule has 0 fully saturated rings. The molecule has 0 unspecified atom stereocenters. The van der Waals surface area contributed by atoms with Gasteiger partial charge in [-0.05, 0) is 29.8 Å². The van der Waals surface area contributed by atoms with Gasteiger partial charge in [-0.25, -0.2) is 12.8 Å². The van der Waals surface area contributed by atoms with Gasteiger partial charge in [0.1, 0.15) is 22.2 Å². The summed E-state index contributed by atoms with van der Waals surface area (Å²) in [7, 11) is -1.09. The number of hydrogen-bond donors (Lipinski definition) is 1. The Morgan fingerprint density at radius 3 is 2.67 bits per heavy atom. The number of nitrogens with one attached hydrogen (secondary N) is 1. The molecule has 1 N–H and O–H groups in total. The maximum Gasteiger partial charge on any atom is 0.265 e. The van der Waals surface area contributed by atoms with E-state index in [-0.39, 0.29) is 22.1 Å². The Kier molecular flexibility index (Phi) is 5.31. The maximum atomic E-state index is 13.3. The van der Waals surface area contributed by atoms with Crippen molar-refractivity contribution in [2.75, 3.05) is 18.9 Å². The molecule has 0 spiro atoms. The van der Waals surface area contributed by atoms with Crippen molar-refractivity contribution in [2.45, 2.75) is 11.4 Å². The van der Waals surface area contributed by atoms with Crippen LogP contribution in [0.5, 0.6) is 11.5 Å². The molecule has 0 bridgehead atoms. The van der Waals surface area contributed by atoms with Crippen molar-refractivity contribution < 1.29 is 22.3 Å². The van der Waals surface area contributed by atoms with Gasteiger partial charge >= 0.3 is 0 Å². The molecule has 1 heterocycles. The highest BCUT2D eigenvalue weighted by Crippen LogP contribution is 2.29. The first kappa shape index (κ1) is 18.7. The maximum absolute atomic E-state index is 13.3. The third kappa shape index (κ3) is 4.37. The minimum Gasteiger partial charge on any atom is -0.497 e. The van der Waals surface area contributed by atoms with E-state index in [1.54, 1.807) is 18.2 Å². The number of sulfonamides is 1. The van der Waals surface area contributed by atoms with Crippen molar-refractivity contribution in [3.8, 4) is 11.5 Å². The van der Waals surface area contributed by atoms with Gasteiger partial charge in [0.15, 0.2) is 0 Å². The normalized spacial score (nSPS) is 11.2. The summed E-state index contributed by atoms with van der Waals surface area (Å²) in [5.41, 5.74) is 0.984. The Balaban J connectivity index is 1.82. The second-order valence-electron chi connectivity index (χ2n) is 5.68. The highest BCUT2D eigenvalue weighted by atomic mass is 32.2. The van der Waals surface area contributed by atoms with Crippen LogP contribution in [-0.2, 0) is 16.6 Å². The summed E-state index contributed by atoms with van der Waals surface area (Å²) in [6, 6.07) is 10.6. The number of aromatic nitrogens is 2. The average molecular weight is 391 g/mol. The minimum atomic E-state index is -3.92. The summed E-state index contributed by atoms with van der Waals surface area (Å²) in [6.07, 6.45) is 2.90. The molecule has 1 aromatic heterocycles. The number of methoxy groups -OCH3 is 2. The Morgan fingerprint density at radius 1 is 1.15 bits per heavy atom. The van der Waals surface area contributed by atoms with Gasteiger partial charge in [-0.1, -0.05) is 12.1 Å².